The van der Waals surface area contributed by atoms with E-state index in [-0.39, 0.29) is 12.5 Å². The lowest BCUT2D eigenvalue weighted by Crippen LogP contribution is -2.58. The van der Waals surface area contributed by atoms with Crippen molar-refractivity contribution in [3.05, 3.63) is 0 Å². The van der Waals surface area contributed by atoms with Crippen molar-refractivity contribution in [1.29, 1.82) is 0 Å². The highest BCUT2D eigenvalue weighted by atomic mass is 19.4. The van der Waals surface area contributed by atoms with E-state index >= 15 is 0 Å². The van der Waals surface area contributed by atoms with Gasteiger partial charge in [0.25, 0.3) is 0 Å². The number of nitrogens with one attached hydrogen (secondary N) is 1. The van der Waals surface area contributed by atoms with E-state index in [4.69, 9.17) is 4.74 Å². The van der Waals surface area contributed by atoms with Crippen molar-refractivity contribution in [2.45, 2.75) is 76.4 Å². The molecule has 4 nitrogen and oxygen atoms in total. The van der Waals surface area contributed by atoms with Gasteiger partial charge in [0, 0.05) is 12.5 Å². The van der Waals surface area contributed by atoms with Gasteiger partial charge < -0.3 is 9.84 Å². The zero-order chi connectivity index (χ0) is 15.6. The molecule has 3 unspecified atom stereocenters. The summed E-state index contributed by atoms with van der Waals surface area (Å²) in [4.78, 5) is 11.5. The Morgan fingerprint density at radius 1 is 1.40 bits per heavy atom. The molecule has 0 aliphatic heterocycles. The monoisotopic (exact) mass is 297 g/mol. The van der Waals surface area contributed by atoms with Crippen LogP contribution in [0, 0.1) is 0 Å². The molecule has 20 heavy (non-hydrogen) atoms. The highest BCUT2D eigenvalue weighted by molar-refractivity contribution is 5.79. The standard InChI is InChI=1S/C13H22F3NO3/c1-8(2)17-12(11(18)19)6-4-5-10(7-12)20-9(3)13(14,15)16/h8-10,17H,4-7H2,1-3H3,(H,18,19). The maximum absolute atomic E-state index is 12.5. The number of carboxylic acid groups (broad SMARTS) is 1. The van der Waals surface area contributed by atoms with Gasteiger partial charge in [0.05, 0.1) is 6.10 Å². The van der Waals surface area contributed by atoms with E-state index in [1.807, 2.05) is 13.8 Å². The average Bonchev–Trinajstić information content (AvgIpc) is 2.26. The number of aliphatic carboxylic acids is 1. The minimum absolute atomic E-state index is 0.0565. The first-order valence-corrected chi connectivity index (χ1v) is 6.80. The van der Waals surface area contributed by atoms with Crippen molar-refractivity contribution in [1.82, 2.24) is 5.32 Å². The smallest absolute Gasteiger partial charge is 0.414 e. The van der Waals surface area contributed by atoms with Crippen molar-refractivity contribution >= 4 is 5.97 Å². The first kappa shape index (κ1) is 17.2. The van der Waals surface area contributed by atoms with E-state index in [0.717, 1.165) is 6.92 Å². The summed E-state index contributed by atoms with van der Waals surface area (Å²) < 4.78 is 42.5. The summed E-state index contributed by atoms with van der Waals surface area (Å²) in [6.07, 6.45) is -5.55. The van der Waals surface area contributed by atoms with Gasteiger partial charge in [-0.2, -0.15) is 13.2 Å². The van der Waals surface area contributed by atoms with Gasteiger partial charge in [-0.25, -0.2) is 0 Å². The first-order valence-electron chi connectivity index (χ1n) is 6.80. The number of rotatable bonds is 5. The number of hydrogen-bond donors (Lipinski definition) is 2. The molecule has 0 amide bonds. The molecule has 1 aliphatic carbocycles. The van der Waals surface area contributed by atoms with Crippen LogP contribution in [0.5, 0.6) is 0 Å². The molecule has 0 aromatic rings. The molecule has 0 aromatic carbocycles. The molecule has 0 radical (unpaired) electrons. The molecular weight excluding hydrogens is 275 g/mol. The minimum Gasteiger partial charge on any atom is -0.480 e. The van der Waals surface area contributed by atoms with Gasteiger partial charge in [-0.05, 0) is 40.0 Å². The first-order chi connectivity index (χ1) is 9.07. The third kappa shape index (κ3) is 4.34. The van der Waals surface area contributed by atoms with Crippen LogP contribution in [0.4, 0.5) is 13.2 Å². The Balaban J connectivity index is 2.75. The lowest BCUT2D eigenvalue weighted by Gasteiger charge is -2.40. The van der Waals surface area contributed by atoms with Gasteiger partial charge >= 0.3 is 12.1 Å². The quantitative estimate of drug-likeness (QED) is 0.819. The predicted molar refractivity (Wildman–Crippen MR) is 67.5 cm³/mol. The molecule has 0 heterocycles. The second-order valence-corrected chi connectivity index (χ2v) is 5.72. The van der Waals surface area contributed by atoms with Crippen LogP contribution in [0.2, 0.25) is 0 Å². The summed E-state index contributed by atoms with van der Waals surface area (Å²) in [6.45, 7) is 4.58. The topological polar surface area (TPSA) is 58.6 Å². The Labute approximate surface area is 116 Å². The fraction of sp³-hybridized carbons (Fsp3) is 0.923. The summed E-state index contributed by atoms with van der Waals surface area (Å²) in [6, 6.07) is -0.0649. The fourth-order valence-corrected chi connectivity index (χ4v) is 2.65. The molecular formula is C13H22F3NO3. The van der Waals surface area contributed by atoms with Crippen LogP contribution in [0.3, 0.4) is 0 Å². The number of alkyl halides is 3. The van der Waals surface area contributed by atoms with Crippen molar-refractivity contribution in [2.75, 3.05) is 0 Å². The molecule has 118 valence electrons. The number of halogens is 3. The molecule has 0 bridgehead atoms. The molecule has 2 N–H and O–H groups in total. The number of hydrogen-bond acceptors (Lipinski definition) is 3. The molecule has 1 fully saturated rings. The Bertz CT molecular complexity index is 346. The van der Waals surface area contributed by atoms with E-state index in [9.17, 15) is 23.1 Å². The second kappa shape index (κ2) is 6.30. The van der Waals surface area contributed by atoms with Gasteiger partial charge in [0.1, 0.15) is 5.54 Å². The van der Waals surface area contributed by atoms with Crippen LogP contribution in [-0.2, 0) is 9.53 Å². The number of carbonyl (C=O) groups is 1. The van der Waals surface area contributed by atoms with Crippen LogP contribution in [0.1, 0.15) is 46.5 Å². The molecule has 1 aliphatic rings. The van der Waals surface area contributed by atoms with Crippen LogP contribution < -0.4 is 5.32 Å². The predicted octanol–water partition coefficient (Wildman–Crippen LogP) is 2.72. The van der Waals surface area contributed by atoms with Crippen LogP contribution in [-0.4, -0.2) is 41.0 Å². The van der Waals surface area contributed by atoms with E-state index in [2.05, 4.69) is 5.32 Å². The molecule has 7 heteroatoms. The normalized spacial score (nSPS) is 29.4. The molecule has 0 aromatic heterocycles. The van der Waals surface area contributed by atoms with Crippen molar-refractivity contribution in [3.8, 4) is 0 Å². The molecule has 1 rings (SSSR count). The van der Waals surface area contributed by atoms with Crippen molar-refractivity contribution in [2.24, 2.45) is 0 Å². The molecule has 0 saturated heterocycles. The third-order valence-corrected chi connectivity index (χ3v) is 3.54. The highest BCUT2D eigenvalue weighted by Gasteiger charge is 2.46. The van der Waals surface area contributed by atoms with E-state index in [1.54, 1.807) is 0 Å². The van der Waals surface area contributed by atoms with Crippen LogP contribution in [0.15, 0.2) is 0 Å². The van der Waals surface area contributed by atoms with Gasteiger partial charge in [-0.3, -0.25) is 10.1 Å². The zero-order valence-electron chi connectivity index (χ0n) is 12.0. The minimum atomic E-state index is -4.42. The Morgan fingerprint density at radius 2 is 2.00 bits per heavy atom. The Morgan fingerprint density at radius 3 is 2.45 bits per heavy atom. The zero-order valence-corrected chi connectivity index (χ0v) is 12.0. The second-order valence-electron chi connectivity index (χ2n) is 5.72. The Kier molecular flexibility index (Phi) is 5.43. The van der Waals surface area contributed by atoms with Gasteiger partial charge in [-0.15, -0.1) is 0 Å². The summed E-state index contributed by atoms with van der Waals surface area (Å²) in [5.74, 6) is -1.03. The summed E-state index contributed by atoms with van der Waals surface area (Å²) in [5, 5.41) is 12.4. The summed E-state index contributed by atoms with van der Waals surface area (Å²) in [7, 11) is 0. The fourth-order valence-electron chi connectivity index (χ4n) is 2.65. The maximum Gasteiger partial charge on any atom is 0.414 e. The van der Waals surface area contributed by atoms with Gasteiger partial charge in [0.15, 0.2) is 6.10 Å². The van der Waals surface area contributed by atoms with Crippen LogP contribution in [0.25, 0.3) is 0 Å². The largest absolute Gasteiger partial charge is 0.480 e. The maximum atomic E-state index is 12.5. The van der Waals surface area contributed by atoms with E-state index in [0.29, 0.717) is 19.3 Å². The molecule has 1 saturated carbocycles. The van der Waals surface area contributed by atoms with Crippen LogP contribution >= 0.6 is 0 Å². The Hall–Kier alpha value is -0.820. The summed E-state index contributed by atoms with van der Waals surface area (Å²) in [5.41, 5.74) is -1.19. The lowest BCUT2D eigenvalue weighted by atomic mass is 9.79. The number of ether oxygens (including phenoxy) is 1. The molecule has 3 atom stereocenters. The van der Waals surface area contributed by atoms with Crippen molar-refractivity contribution < 1.29 is 27.8 Å². The highest BCUT2D eigenvalue weighted by Crippen LogP contribution is 2.34. The lowest BCUT2D eigenvalue weighted by molar-refractivity contribution is -0.231. The molecule has 0 spiro atoms. The van der Waals surface area contributed by atoms with E-state index in [1.165, 1.54) is 0 Å². The van der Waals surface area contributed by atoms with Gasteiger partial charge in [0.2, 0.25) is 0 Å². The summed E-state index contributed by atoms with van der Waals surface area (Å²) >= 11 is 0. The number of carboxylic acids is 1. The third-order valence-electron chi connectivity index (χ3n) is 3.54. The van der Waals surface area contributed by atoms with E-state index < -0.39 is 29.9 Å². The SMILES string of the molecule is CC(C)NC1(C(=O)O)CCCC(OC(C)C(F)(F)F)C1. The van der Waals surface area contributed by atoms with Gasteiger partial charge in [-0.1, -0.05) is 0 Å². The van der Waals surface area contributed by atoms with Crippen molar-refractivity contribution in [3.63, 3.8) is 0 Å². The average molecular weight is 297 g/mol.